The van der Waals surface area contributed by atoms with Gasteiger partial charge >= 0.3 is 0 Å². The Hall–Kier alpha value is -1.63. The van der Waals surface area contributed by atoms with E-state index in [4.69, 9.17) is 5.73 Å². The van der Waals surface area contributed by atoms with Crippen molar-refractivity contribution in [2.24, 2.45) is 11.7 Å². The Balaban J connectivity index is 0.000000210. The number of amides is 1. The second-order valence-corrected chi connectivity index (χ2v) is 5.42. The number of rotatable bonds is 6. The third-order valence-corrected chi connectivity index (χ3v) is 3.47. The van der Waals surface area contributed by atoms with Gasteiger partial charge in [-0.3, -0.25) is 4.79 Å². The van der Waals surface area contributed by atoms with E-state index in [9.17, 15) is 4.79 Å². The quantitative estimate of drug-likeness (QED) is 0.635. The van der Waals surface area contributed by atoms with E-state index >= 15 is 0 Å². The van der Waals surface area contributed by atoms with Crippen LogP contribution in [-0.2, 0) is 4.79 Å². The molecule has 114 valence electrons. The van der Waals surface area contributed by atoms with Crippen molar-refractivity contribution in [3.63, 3.8) is 0 Å². The average Bonchev–Trinajstić information content (AvgIpc) is 2.52. The number of halogens is 1. The lowest BCUT2D eigenvalue weighted by molar-refractivity contribution is -0.121. The molecule has 0 spiro atoms. The molecule has 2 N–H and O–H groups in total. The first-order valence-corrected chi connectivity index (χ1v) is 7.99. The van der Waals surface area contributed by atoms with Crippen LogP contribution in [0.2, 0.25) is 0 Å². The molecule has 0 saturated carbocycles. The van der Waals surface area contributed by atoms with Gasteiger partial charge < -0.3 is 5.73 Å². The maximum Gasteiger partial charge on any atom is 0.220 e. The Bertz CT molecular complexity index is 486. The number of fused-ring (bicyclic) bond motifs is 1. The summed E-state index contributed by atoms with van der Waals surface area (Å²) in [6.45, 7) is 1.89. The molecule has 1 atom stereocenters. The number of primary amides is 1. The Morgan fingerprint density at radius 1 is 1.24 bits per heavy atom. The lowest BCUT2D eigenvalue weighted by Crippen LogP contribution is -2.20. The minimum absolute atomic E-state index is 0.0466. The lowest BCUT2D eigenvalue weighted by atomic mass is 10.0. The Kier molecular flexibility index (Phi) is 8.42. The SMILES string of the molecule is CC(CCCCCBr)C(N)=O.c1cnc2ncncc2n1. The maximum absolute atomic E-state index is 10.6. The molecule has 0 aliphatic rings. The van der Waals surface area contributed by atoms with E-state index in [0.29, 0.717) is 5.65 Å². The van der Waals surface area contributed by atoms with Crippen LogP contribution in [0.5, 0.6) is 0 Å². The number of hydrogen-bond donors (Lipinski definition) is 1. The summed E-state index contributed by atoms with van der Waals surface area (Å²) >= 11 is 3.35. The molecule has 2 aromatic heterocycles. The van der Waals surface area contributed by atoms with Crippen LogP contribution in [0.4, 0.5) is 0 Å². The zero-order valence-corrected chi connectivity index (χ0v) is 13.7. The molecule has 2 rings (SSSR count). The summed E-state index contributed by atoms with van der Waals surface area (Å²) in [6.07, 6.45) is 10.7. The van der Waals surface area contributed by atoms with Gasteiger partial charge in [0, 0.05) is 23.6 Å². The molecule has 2 heterocycles. The van der Waals surface area contributed by atoms with Crippen LogP contribution in [0.25, 0.3) is 11.2 Å². The number of carbonyl (C=O) groups excluding carboxylic acids is 1. The number of hydrogen-bond acceptors (Lipinski definition) is 5. The van der Waals surface area contributed by atoms with Crippen molar-refractivity contribution in [1.29, 1.82) is 0 Å². The highest BCUT2D eigenvalue weighted by Gasteiger charge is 2.06. The van der Waals surface area contributed by atoms with Gasteiger partial charge in [-0.05, 0) is 12.8 Å². The van der Waals surface area contributed by atoms with E-state index in [1.165, 1.54) is 19.2 Å². The summed E-state index contributed by atoms with van der Waals surface area (Å²) in [5, 5.41) is 1.05. The summed E-state index contributed by atoms with van der Waals surface area (Å²) < 4.78 is 0. The molecule has 0 saturated heterocycles. The highest BCUT2D eigenvalue weighted by Crippen LogP contribution is 2.09. The van der Waals surface area contributed by atoms with Crippen LogP contribution in [0, 0.1) is 5.92 Å². The Labute approximate surface area is 132 Å². The molecule has 0 aromatic carbocycles. The van der Waals surface area contributed by atoms with E-state index in [1.807, 2.05) is 6.92 Å². The van der Waals surface area contributed by atoms with Crippen molar-refractivity contribution in [2.45, 2.75) is 32.6 Å². The van der Waals surface area contributed by atoms with Gasteiger partial charge in [0.25, 0.3) is 0 Å². The molecule has 0 fully saturated rings. The predicted molar refractivity (Wildman–Crippen MR) is 85.7 cm³/mol. The minimum atomic E-state index is -0.177. The minimum Gasteiger partial charge on any atom is -0.369 e. The Morgan fingerprint density at radius 2 is 2.00 bits per heavy atom. The fourth-order valence-corrected chi connectivity index (χ4v) is 1.98. The highest BCUT2D eigenvalue weighted by molar-refractivity contribution is 9.09. The molecule has 0 bridgehead atoms. The van der Waals surface area contributed by atoms with Crippen LogP contribution in [0.3, 0.4) is 0 Å². The smallest absolute Gasteiger partial charge is 0.220 e. The number of aromatic nitrogens is 4. The van der Waals surface area contributed by atoms with Crippen molar-refractivity contribution < 1.29 is 4.79 Å². The van der Waals surface area contributed by atoms with Gasteiger partial charge in [0.1, 0.15) is 11.8 Å². The maximum atomic E-state index is 10.6. The molecule has 1 unspecified atom stereocenters. The first-order chi connectivity index (χ1) is 10.1. The molecule has 7 heteroatoms. The molecule has 0 aliphatic carbocycles. The molecule has 2 aromatic rings. The second-order valence-electron chi connectivity index (χ2n) is 4.63. The van der Waals surface area contributed by atoms with E-state index in [-0.39, 0.29) is 11.8 Å². The topological polar surface area (TPSA) is 94.7 Å². The van der Waals surface area contributed by atoms with Gasteiger partial charge in [0.15, 0.2) is 5.65 Å². The van der Waals surface area contributed by atoms with Gasteiger partial charge in [-0.1, -0.05) is 35.7 Å². The fourth-order valence-electron chi connectivity index (χ4n) is 1.59. The number of nitrogens with zero attached hydrogens (tertiary/aromatic N) is 4. The molecule has 21 heavy (non-hydrogen) atoms. The normalized spacial score (nSPS) is 11.5. The van der Waals surface area contributed by atoms with Gasteiger partial charge in [0.05, 0.1) is 6.20 Å². The van der Waals surface area contributed by atoms with Crippen LogP contribution >= 0.6 is 15.9 Å². The summed E-state index contributed by atoms with van der Waals surface area (Å²) in [6, 6.07) is 0. The van der Waals surface area contributed by atoms with E-state index in [1.54, 1.807) is 18.6 Å². The standard InChI is InChI=1S/C8H16BrNO.C6H4N4/c1-7(8(10)11)5-3-2-4-6-9;1-2-9-6-5(8-1)3-7-4-10-6/h7H,2-6H2,1H3,(H2,10,11);1-4H. The monoisotopic (exact) mass is 353 g/mol. The number of carbonyl (C=O) groups is 1. The zero-order valence-electron chi connectivity index (χ0n) is 12.1. The van der Waals surface area contributed by atoms with E-state index < -0.39 is 0 Å². The van der Waals surface area contributed by atoms with Crippen LogP contribution in [0.15, 0.2) is 24.9 Å². The molecular weight excluding hydrogens is 334 g/mol. The van der Waals surface area contributed by atoms with Crippen molar-refractivity contribution >= 4 is 33.0 Å². The van der Waals surface area contributed by atoms with Crippen molar-refractivity contribution in [3.05, 3.63) is 24.9 Å². The average molecular weight is 354 g/mol. The largest absolute Gasteiger partial charge is 0.369 e. The summed E-state index contributed by atoms with van der Waals surface area (Å²) in [7, 11) is 0. The number of nitrogens with two attached hydrogens (primary N) is 1. The van der Waals surface area contributed by atoms with Crippen molar-refractivity contribution in [3.8, 4) is 0 Å². The molecule has 0 radical (unpaired) electrons. The summed E-state index contributed by atoms with van der Waals surface area (Å²) in [5.74, 6) is -0.130. The highest BCUT2D eigenvalue weighted by atomic mass is 79.9. The third-order valence-electron chi connectivity index (χ3n) is 2.91. The lowest BCUT2D eigenvalue weighted by Gasteiger charge is -2.04. The summed E-state index contributed by atoms with van der Waals surface area (Å²) in [4.78, 5) is 26.2. The third kappa shape index (κ3) is 7.08. The van der Waals surface area contributed by atoms with Crippen LogP contribution < -0.4 is 5.73 Å². The van der Waals surface area contributed by atoms with Gasteiger partial charge in [-0.15, -0.1) is 0 Å². The number of alkyl halides is 1. The van der Waals surface area contributed by atoms with Crippen LogP contribution in [0.1, 0.15) is 32.6 Å². The van der Waals surface area contributed by atoms with E-state index in [0.717, 1.165) is 23.7 Å². The molecule has 6 nitrogen and oxygen atoms in total. The van der Waals surface area contributed by atoms with Gasteiger partial charge in [0.2, 0.25) is 5.91 Å². The van der Waals surface area contributed by atoms with Crippen LogP contribution in [-0.4, -0.2) is 31.2 Å². The first kappa shape index (κ1) is 17.4. The number of unbranched alkanes of at least 4 members (excludes halogenated alkanes) is 2. The van der Waals surface area contributed by atoms with Gasteiger partial charge in [-0.25, -0.2) is 19.9 Å². The summed E-state index contributed by atoms with van der Waals surface area (Å²) in [5.41, 5.74) is 6.47. The van der Waals surface area contributed by atoms with E-state index in [2.05, 4.69) is 35.9 Å². The first-order valence-electron chi connectivity index (χ1n) is 6.87. The van der Waals surface area contributed by atoms with Crippen molar-refractivity contribution in [2.75, 3.05) is 5.33 Å². The molecule has 1 amide bonds. The molecular formula is C14H20BrN5O. The van der Waals surface area contributed by atoms with Crippen molar-refractivity contribution in [1.82, 2.24) is 19.9 Å². The molecule has 0 aliphatic heterocycles. The second kappa shape index (κ2) is 10.1. The predicted octanol–water partition coefficient (Wildman–Crippen LogP) is 2.48. The van der Waals surface area contributed by atoms with Gasteiger partial charge in [-0.2, -0.15) is 0 Å². The Morgan fingerprint density at radius 3 is 2.67 bits per heavy atom. The zero-order chi connectivity index (χ0) is 15.5. The fraction of sp³-hybridized carbons (Fsp3) is 0.500.